The number of carboxylic acids is 1. The van der Waals surface area contributed by atoms with E-state index in [9.17, 15) is 18.0 Å². The summed E-state index contributed by atoms with van der Waals surface area (Å²) in [6, 6.07) is -0.903. The highest BCUT2D eigenvalue weighted by Gasteiger charge is 2.31. The minimum Gasteiger partial charge on any atom is -0.480 e. The summed E-state index contributed by atoms with van der Waals surface area (Å²) in [6.45, 7) is -0.228. The zero-order valence-corrected chi connectivity index (χ0v) is 9.24. The van der Waals surface area contributed by atoms with Crippen LogP contribution in [0.2, 0.25) is 0 Å². The standard InChI is InChI=1S/C7H13N3O5S/c8-16(14,15)2-1-10-4-6(11)9-3-5(10)7(12)13/h5H,1-4H2,(H,9,11)(H,12,13)(H2,8,14,15). The lowest BCUT2D eigenvalue weighted by Gasteiger charge is -2.32. The number of nitrogens with two attached hydrogens (primary N) is 1. The Kier molecular flexibility index (Phi) is 3.83. The summed E-state index contributed by atoms with van der Waals surface area (Å²) in [5, 5.41) is 16.1. The van der Waals surface area contributed by atoms with Crippen molar-refractivity contribution < 1.29 is 23.1 Å². The number of carboxylic acid groups (broad SMARTS) is 1. The Labute approximate surface area is 92.5 Å². The van der Waals surface area contributed by atoms with Crippen LogP contribution in [0.1, 0.15) is 0 Å². The maximum atomic E-state index is 11.0. The first-order valence-corrected chi connectivity index (χ1v) is 6.25. The average Bonchev–Trinajstić information content (AvgIpc) is 2.13. The van der Waals surface area contributed by atoms with Crippen LogP contribution < -0.4 is 10.5 Å². The van der Waals surface area contributed by atoms with Gasteiger partial charge in [0.15, 0.2) is 0 Å². The van der Waals surface area contributed by atoms with E-state index in [1.54, 1.807) is 0 Å². The summed E-state index contributed by atoms with van der Waals surface area (Å²) < 4.78 is 21.5. The third-order valence-corrected chi connectivity index (χ3v) is 2.98. The molecule has 1 amide bonds. The minimum atomic E-state index is -3.66. The molecule has 1 atom stereocenters. The first kappa shape index (κ1) is 12.9. The van der Waals surface area contributed by atoms with Crippen molar-refractivity contribution in [1.29, 1.82) is 0 Å². The van der Waals surface area contributed by atoms with Gasteiger partial charge in [0, 0.05) is 13.1 Å². The van der Waals surface area contributed by atoms with E-state index < -0.39 is 22.0 Å². The third-order valence-electron chi connectivity index (χ3n) is 2.23. The third kappa shape index (κ3) is 3.76. The van der Waals surface area contributed by atoms with Crippen LogP contribution in [0.4, 0.5) is 0 Å². The second-order valence-electron chi connectivity index (χ2n) is 3.50. The zero-order chi connectivity index (χ0) is 12.3. The summed E-state index contributed by atoms with van der Waals surface area (Å²) in [5.41, 5.74) is 0. The molecule has 0 bridgehead atoms. The number of carbonyl (C=O) groups excluding carboxylic acids is 1. The molecule has 1 unspecified atom stereocenters. The second kappa shape index (κ2) is 4.76. The topological polar surface area (TPSA) is 130 Å². The van der Waals surface area contributed by atoms with Crippen LogP contribution in [0.5, 0.6) is 0 Å². The Morgan fingerprint density at radius 3 is 2.75 bits per heavy atom. The minimum absolute atomic E-state index is 0.0290. The van der Waals surface area contributed by atoms with Gasteiger partial charge in [-0.15, -0.1) is 0 Å². The number of sulfonamides is 1. The molecule has 0 aromatic carbocycles. The number of piperazine rings is 1. The number of nitrogens with zero attached hydrogens (tertiary/aromatic N) is 1. The molecule has 0 aliphatic carbocycles. The number of rotatable bonds is 4. The van der Waals surface area contributed by atoms with Crippen LogP contribution in [0.15, 0.2) is 0 Å². The number of hydrogen-bond acceptors (Lipinski definition) is 5. The van der Waals surface area contributed by atoms with Gasteiger partial charge in [0.2, 0.25) is 15.9 Å². The van der Waals surface area contributed by atoms with E-state index in [4.69, 9.17) is 10.2 Å². The van der Waals surface area contributed by atoms with Gasteiger partial charge in [-0.05, 0) is 0 Å². The predicted octanol–water partition coefficient (Wildman–Crippen LogP) is -2.84. The molecule has 9 heteroatoms. The van der Waals surface area contributed by atoms with Gasteiger partial charge >= 0.3 is 5.97 Å². The fourth-order valence-corrected chi connectivity index (χ4v) is 1.90. The Morgan fingerprint density at radius 2 is 2.25 bits per heavy atom. The Morgan fingerprint density at radius 1 is 1.62 bits per heavy atom. The number of primary sulfonamides is 1. The summed E-state index contributed by atoms with van der Waals surface area (Å²) in [7, 11) is -3.66. The van der Waals surface area contributed by atoms with Crippen molar-refractivity contribution in [3.63, 3.8) is 0 Å². The lowest BCUT2D eigenvalue weighted by atomic mass is 10.2. The van der Waals surface area contributed by atoms with Gasteiger partial charge < -0.3 is 10.4 Å². The predicted molar refractivity (Wildman–Crippen MR) is 54.0 cm³/mol. The summed E-state index contributed by atoms with van der Waals surface area (Å²) in [6.07, 6.45) is 0. The van der Waals surface area contributed by atoms with E-state index in [0.29, 0.717) is 0 Å². The van der Waals surface area contributed by atoms with Gasteiger partial charge in [-0.2, -0.15) is 0 Å². The molecule has 1 fully saturated rings. The normalized spacial score (nSPS) is 22.8. The highest BCUT2D eigenvalue weighted by atomic mass is 32.2. The molecule has 1 rings (SSSR count). The molecule has 1 aliphatic heterocycles. The quantitative estimate of drug-likeness (QED) is 0.493. The summed E-state index contributed by atoms with van der Waals surface area (Å²) in [4.78, 5) is 23.1. The molecule has 1 aliphatic rings. The molecule has 0 saturated carbocycles. The fourth-order valence-electron chi connectivity index (χ4n) is 1.41. The first-order valence-electron chi connectivity index (χ1n) is 4.53. The van der Waals surface area contributed by atoms with Crippen molar-refractivity contribution in [3.8, 4) is 0 Å². The molecule has 1 heterocycles. The molecular formula is C7H13N3O5S. The van der Waals surface area contributed by atoms with Crippen LogP contribution in [0.3, 0.4) is 0 Å². The SMILES string of the molecule is NS(=O)(=O)CCN1CC(=O)NCC1C(=O)O. The van der Waals surface area contributed by atoms with E-state index in [1.165, 1.54) is 4.90 Å². The average molecular weight is 251 g/mol. The number of aliphatic carboxylic acids is 1. The van der Waals surface area contributed by atoms with Crippen LogP contribution >= 0.6 is 0 Å². The van der Waals surface area contributed by atoms with Crippen molar-refractivity contribution in [2.24, 2.45) is 5.14 Å². The highest BCUT2D eigenvalue weighted by Crippen LogP contribution is 2.04. The van der Waals surface area contributed by atoms with Gasteiger partial charge in [-0.1, -0.05) is 0 Å². The molecule has 0 aromatic rings. The Hall–Kier alpha value is -1.19. The smallest absolute Gasteiger partial charge is 0.322 e. The second-order valence-corrected chi connectivity index (χ2v) is 5.23. The monoisotopic (exact) mass is 251 g/mol. The van der Waals surface area contributed by atoms with Crippen molar-refractivity contribution in [2.45, 2.75) is 6.04 Å². The first-order chi connectivity index (χ1) is 7.29. The number of hydrogen-bond donors (Lipinski definition) is 3. The molecular weight excluding hydrogens is 238 g/mol. The van der Waals surface area contributed by atoms with Crippen molar-refractivity contribution in [1.82, 2.24) is 10.2 Å². The van der Waals surface area contributed by atoms with Gasteiger partial charge in [0.05, 0.1) is 12.3 Å². The lowest BCUT2D eigenvalue weighted by molar-refractivity contribution is -0.145. The number of carbonyl (C=O) groups is 2. The maximum Gasteiger partial charge on any atom is 0.322 e. The van der Waals surface area contributed by atoms with Crippen molar-refractivity contribution in [2.75, 3.05) is 25.4 Å². The van der Waals surface area contributed by atoms with Crippen LogP contribution in [-0.2, 0) is 19.6 Å². The lowest BCUT2D eigenvalue weighted by Crippen LogP contribution is -2.58. The van der Waals surface area contributed by atoms with Gasteiger partial charge in [-0.3, -0.25) is 14.5 Å². The van der Waals surface area contributed by atoms with E-state index in [1.807, 2.05) is 0 Å². The fraction of sp³-hybridized carbons (Fsp3) is 0.714. The summed E-state index contributed by atoms with van der Waals surface area (Å²) >= 11 is 0. The molecule has 1 saturated heterocycles. The van der Waals surface area contributed by atoms with Gasteiger partial charge in [0.25, 0.3) is 0 Å². The van der Waals surface area contributed by atoms with Crippen LogP contribution in [0.25, 0.3) is 0 Å². The largest absolute Gasteiger partial charge is 0.480 e. The maximum absolute atomic E-state index is 11.0. The molecule has 16 heavy (non-hydrogen) atoms. The van der Waals surface area contributed by atoms with Crippen LogP contribution in [0, 0.1) is 0 Å². The Balaban J connectivity index is 2.65. The van der Waals surface area contributed by atoms with Gasteiger partial charge in [-0.25, -0.2) is 13.6 Å². The molecule has 92 valence electrons. The van der Waals surface area contributed by atoms with Crippen molar-refractivity contribution >= 4 is 21.9 Å². The molecule has 4 N–H and O–H groups in total. The molecule has 0 radical (unpaired) electrons. The van der Waals surface area contributed by atoms with Crippen molar-refractivity contribution in [3.05, 3.63) is 0 Å². The van der Waals surface area contributed by atoms with E-state index in [2.05, 4.69) is 5.32 Å². The number of nitrogens with one attached hydrogen (secondary N) is 1. The summed E-state index contributed by atoms with van der Waals surface area (Å²) in [5.74, 6) is -1.80. The molecule has 0 spiro atoms. The molecule has 0 aromatic heterocycles. The Bertz CT molecular complexity index is 393. The zero-order valence-electron chi connectivity index (χ0n) is 8.42. The van der Waals surface area contributed by atoms with E-state index in [0.717, 1.165) is 0 Å². The van der Waals surface area contributed by atoms with Crippen LogP contribution in [-0.4, -0.2) is 61.7 Å². The molecule has 8 nitrogen and oxygen atoms in total. The highest BCUT2D eigenvalue weighted by molar-refractivity contribution is 7.89. The van der Waals surface area contributed by atoms with E-state index >= 15 is 0 Å². The van der Waals surface area contributed by atoms with E-state index in [-0.39, 0.29) is 31.3 Å². The van der Waals surface area contributed by atoms with Gasteiger partial charge in [0.1, 0.15) is 6.04 Å². The number of amides is 1.